The number of benzene rings is 1. The summed E-state index contributed by atoms with van der Waals surface area (Å²) in [6.45, 7) is 10.5. The predicted octanol–water partition coefficient (Wildman–Crippen LogP) is 4.05. The van der Waals surface area contributed by atoms with Crippen LogP contribution in [0.5, 0.6) is 5.75 Å². The maximum Gasteiger partial charge on any atom is 0.364 e. The van der Waals surface area contributed by atoms with Crippen LogP contribution in [-0.2, 0) is 32.5 Å². The summed E-state index contributed by atoms with van der Waals surface area (Å²) < 4.78 is 22.6. The molecule has 7 heteroatoms. The van der Waals surface area contributed by atoms with Gasteiger partial charge in [-0.25, -0.2) is 9.78 Å². The second-order valence-corrected chi connectivity index (χ2v) is 8.85. The van der Waals surface area contributed by atoms with Gasteiger partial charge in [-0.1, -0.05) is 32.9 Å². The molecule has 0 aliphatic carbocycles. The van der Waals surface area contributed by atoms with Crippen LogP contribution in [0.1, 0.15) is 57.0 Å². The van der Waals surface area contributed by atoms with Crippen molar-refractivity contribution in [3.8, 4) is 5.75 Å². The summed E-state index contributed by atoms with van der Waals surface area (Å²) in [5.41, 5.74) is 1.87. The lowest BCUT2D eigenvalue weighted by atomic mass is 9.97. The number of nitrogens with zero attached hydrogens (tertiary/aromatic N) is 1. The number of carboxylic acid groups (broad SMARTS) is 1. The number of carbonyl (C=O) groups is 1. The standard InChI is InChI=1S/C23H31NO6/c1-15-19(24-20(29-15)22(2,3)4)11-12-27-17-8-6-16(7-9-17)14-18-10-13-28-23(5,30-18)21(25)26/h6-9,18H,10-14H2,1-5H3,(H,25,26). The van der Waals surface area contributed by atoms with Gasteiger partial charge in [-0.2, -0.15) is 0 Å². The highest BCUT2D eigenvalue weighted by Gasteiger charge is 2.41. The van der Waals surface area contributed by atoms with Crippen LogP contribution >= 0.6 is 0 Å². The van der Waals surface area contributed by atoms with Crippen LogP contribution in [0, 0.1) is 6.92 Å². The second-order valence-electron chi connectivity index (χ2n) is 8.85. The molecule has 2 heterocycles. The molecule has 0 bridgehead atoms. The third-order valence-corrected chi connectivity index (χ3v) is 5.13. The lowest BCUT2D eigenvalue weighted by molar-refractivity contribution is -0.278. The lowest BCUT2D eigenvalue weighted by Gasteiger charge is -2.35. The average Bonchev–Trinajstić information content (AvgIpc) is 3.04. The van der Waals surface area contributed by atoms with E-state index in [1.807, 2.05) is 31.2 Å². The molecule has 2 unspecified atom stereocenters. The molecule has 30 heavy (non-hydrogen) atoms. The minimum atomic E-state index is -1.57. The van der Waals surface area contributed by atoms with E-state index < -0.39 is 11.8 Å². The molecule has 2 atom stereocenters. The summed E-state index contributed by atoms with van der Waals surface area (Å²) in [6.07, 6.45) is 1.77. The molecule has 0 radical (unpaired) electrons. The second kappa shape index (κ2) is 8.78. The van der Waals surface area contributed by atoms with E-state index in [9.17, 15) is 9.90 Å². The topological polar surface area (TPSA) is 91.0 Å². The highest BCUT2D eigenvalue weighted by Crippen LogP contribution is 2.26. The van der Waals surface area contributed by atoms with Crippen molar-refractivity contribution in [1.29, 1.82) is 0 Å². The third kappa shape index (κ3) is 5.40. The van der Waals surface area contributed by atoms with Crippen molar-refractivity contribution in [2.45, 2.75) is 71.2 Å². The van der Waals surface area contributed by atoms with Gasteiger partial charge in [0, 0.05) is 18.8 Å². The maximum atomic E-state index is 11.3. The molecule has 1 saturated heterocycles. The zero-order chi connectivity index (χ0) is 21.9. The first-order chi connectivity index (χ1) is 14.1. The van der Waals surface area contributed by atoms with E-state index in [1.165, 1.54) is 6.92 Å². The maximum absolute atomic E-state index is 11.3. The quantitative estimate of drug-likeness (QED) is 0.727. The highest BCUT2D eigenvalue weighted by molar-refractivity contribution is 5.75. The van der Waals surface area contributed by atoms with Crippen LogP contribution in [0.4, 0.5) is 0 Å². The van der Waals surface area contributed by atoms with Crippen LogP contribution in [0.2, 0.25) is 0 Å². The van der Waals surface area contributed by atoms with Crippen LogP contribution in [-0.4, -0.2) is 41.2 Å². The molecule has 164 valence electrons. The van der Waals surface area contributed by atoms with Gasteiger partial charge in [0.15, 0.2) is 5.89 Å². The van der Waals surface area contributed by atoms with E-state index in [1.54, 1.807) is 0 Å². The van der Waals surface area contributed by atoms with E-state index in [2.05, 4.69) is 25.8 Å². The molecular weight excluding hydrogens is 386 g/mol. The van der Waals surface area contributed by atoms with Crippen molar-refractivity contribution in [2.75, 3.05) is 13.2 Å². The Bertz CT molecular complexity index is 867. The fourth-order valence-corrected chi connectivity index (χ4v) is 3.28. The van der Waals surface area contributed by atoms with Gasteiger partial charge < -0.3 is 23.7 Å². The Labute approximate surface area is 177 Å². The van der Waals surface area contributed by atoms with Gasteiger partial charge in [0.1, 0.15) is 11.5 Å². The van der Waals surface area contributed by atoms with Crippen LogP contribution in [0.25, 0.3) is 0 Å². The van der Waals surface area contributed by atoms with Gasteiger partial charge in [0.2, 0.25) is 0 Å². The molecule has 1 aliphatic heterocycles. The van der Waals surface area contributed by atoms with Crippen LogP contribution in [0.3, 0.4) is 0 Å². The summed E-state index contributed by atoms with van der Waals surface area (Å²) in [5.74, 6) is -0.317. The molecule has 0 saturated carbocycles. The fraction of sp³-hybridized carbons (Fsp3) is 0.565. The highest BCUT2D eigenvalue weighted by atomic mass is 16.7. The number of aryl methyl sites for hydroxylation is 1. The minimum absolute atomic E-state index is 0.115. The summed E-state index contributed by atoms with van der Waals surface area (Å²) in [7, 11) is 0. The molecule has 0 amide bonds. The first kappa shape index (κ1) is 22.3. The molecule has 1 fully saturated rings. The van der Waals surface area contributed by atoms with E-state index >= 15 is 0 Å². The molecule has 0 spiro atoms. The fourth-order valence-electron chi connectivity index (χ4n) is 3.28. The Kier molecular flexibility index (Phi) is 6.53. The molecular formula is C23H31NO6. The number of carboxylic acids is 1. The predicted molar refractivity (Wildman–Crippen MR) is 111 cm³/mol. The monoisotopic (exact) mass is 417 g/mol. The van der Waals surface area contributed by atoms with Crippen LogP contribution in [0.15, 0.2) is 28.7 Å². The summed E-state index contributed by atoms with van der Waals surface area (Å²) in [6, 6.07) is 7.79. The van der Waals surface area contributed by atoms with Gasteiger partial charge >= 0.3 is 5.97 Å². The summed E-state index contributed by atoms with van der Waals surface area (Å²) >= 11 is 0. The number of oxazole rings is 1. The normalized spacial score (nSPS) is 22.1. The van der Waals surface area contributed by atoms with Crippen molar-refractivity contribution >= 4 is 5.97 Å². The van der Waals surface area contributed by atoms with Crippen molar-refractivity contribution in [3.63, 3.8) is 0 Å². The smallest absolute Gasteiger partial charge is 0.364 e. The minimum Gasteiger partial charge on any atom is -0.493 e. The number of hydrogen-bond acceptors (Lipinski definition) is 6. The van der Waals surface area contributed by atoms with E-state index in [0.29, 0.717) is 32.5 Å². The van der Waals surface area contributed by atoms with E-state index in [4.69, 9.17) is 18.6 Å². The molecule has 2 aromatic rings. The Morgan fingerprint density at radius 2 is 2.00 bits per heavy atom. The molecule has 1 aromatic carbocycles. The van der Waals surface area contributed by atoms with E-state index in [0.717, 1.165) is 28.7 Å². The summed E-state index contributed by atoms with van der Waals surface area (Å²) in [4.78, 5) is 15.9. The molecule has 7 nitrogen and oxygen atoms in total. The SMILES string of the molecule is Cc1oc(C(C)(C)C)nc1CCOc1ccc(CC2CCOC(C)(C(=O)O)O2)cc1. The molecule has 1 aliphatic rings. The van der Waals surface area contributed by atoms with Gasteiger partial charge in [-0.3, -0.25) is 0 Å². The van der Waals surface area contributed by atoms with Crippen molar-refractivity contribution in [3.05, 3.63) is 47.2 Å². The Morgan fingerprint density at radius 3 is 2.60 bits per heavy atom. The molecule has 1 aromatic heterocycles. The van der Waals surface area contributed by atoms with Gasteiger partial charge in [-0.15, -0.1) is 0 Å². The zero-order valence-electron chi connectivity index (χ0n) is 18.4. The third-order valence-electron chi connectivity index (χ3n) is 5.13. The van der Waals surface area contributed by atoms with Crippen molar-refractivity contribution in [2.24, 2.45) is 0 Å². The van der Waals surface area contributed by atoms with Crippen molar-refractivity contribution < 1.29 is 28.5 Å². The zero-order valence-corrected chi connectivity index (χ0v) is 18.4. The number of hydrogen-bond donors (Lipinski definition) is 1. The average molecular weight is 418 g/mol. The Balaban J connectivity index is 1.50. The Hall–Kier alpha value is -2.38. The number of rotatable bonds is 7. The first-order valence-corrected chi connectivity index (χ1v) is 10.3. The molecule has 1 N–H and O–H groups in total. The van der Waals surface area contributed by atoms with Gasteiger partial charge in [0.05, 0.1) is 25.0 Å². The van der Waals surface area contributed by atoms with E-state index in [-0.39, 0.29) is 11.5 Å². The first-order valence-electron chi connectivity index (χ1n) is 10.3. The molecule has 3 rings (SSSR count). The largest absolute Gasteiger partial charge is 0.493 e. The Morgan fingerprint density at radius 1 is 1.30 bits per heavy atom. The lowest BCUT2D eigenvalue weighted by Crippen LogP contribution is -2.48. The van der Waals surface area contributed by atoms with Gasteiger partial charge in [0.25, 0.3) is 5.79 Å². The number of aromatic nitrogens is 1. The summed E-state index contributed by atoms with van der Waals surface area (Å²) in [5, 5.41) is 9.26. The van der Waals surface area contributed by atoms with Crippen molar-refractivity contribution in [1.82, 2.24) is 4.98 Å². The number of aliphatic carboxylic acids is 1. The number of ether oxygens (including phenoxy) is 3. The van der Waals surface area contributed by atoms with Crippen LogP contribution < -0.4 is 4.74 Å². The van der Waals surface area contributed by atoms with Gasteiger partial charge in [-0.05, 0) is 37.5 Å².